The molecule has 0 fully saturated rings. The Morgan fingerprint density at radius 1 is 0.681 bits per heavy atom. The summed E-state index contributed by atoms with van der Waals surface area (Å²) in [6, 6.07) is 9.42. The van der Waals surface area contributed by atoms with Crippen molar-refractivity contribution < 1.29 is 84.1 Å². The van der Waals surface area contributed by atoms with Crippen LogP contribution in [0.3, 0.4) is 0 Å². The lowest BCUT2D eigenvalue weighted by molar-refractivity contribution is -0.441. The number of ether oxygens (including phenoxy) is 1. The molecule has 0 bridgehead atoms. The van der Waals surface area contributed by atoms with E-state index in [1.807, 2.05) is 23.3 Å². The van der Waals surface area contributed by atoms with Gasteiger partial charge in [-0.1, -0.05) is 30.7 Å². The fraction of sp³-hybridized carbons (Fsp3) is 0.364. The predicted octanol–water partition coefficient (Wildman–Crippen LogP) is 6.09. The van der Waals surface area contributed by atoms with Gasteiger partial charge in [0.05, 0.1) is 21.0 Å². The van der Waals surface area contributed by atoms with Crippen LogP contribution < -0.4 is 4.90 Å². The Hall–Kier alpha value is -4.93. The Balaban J connectivity index is 1.53. The molecule has 0 radical (unpaired) electrons. The van der Waals surface area contributed by atoms with E-state index < -0.39 is 92.7 Å². The normalized spacial score (nSPS) is 18.4. The first kappa shape index (κ1) is 53.4. The smallest absolute Gasteiger partial charge is 0.303 e. The Morgan fingerprint density at radius 2 is 1.25 bits per heavy atom. The van der Waals surface area contributed by atoms with Crippen LogP contribution in [0.4, 0.5) is 11.4 Å². The van der Waals surface area contributed by atoms with Crippen LogP contribution in [0.25, 0.3) is 21.5 Å². The van der Waals surface area contributed by atoms with Gasteiger partial charge in [-0.05, 0) is 105 Å². The molecule has 0 aromatic heterocycles. The zero-order valence-electron chi connectivity index (χ0n) is 37.6. The molecular weight excluding hydrogens is 1000 g/mol. The zero-order valence-corrected chi connectivity index (χ0v) is 41.7. The number of carboxylic acid groups (broad SMARTS) is 1. The molecule has 0 spiro atoms. The van der Waals surface area contributed by atoms with Crippen LogP contribution in [0.5, 0.6) is 0 Å². The van der Waals surface area contributed by atoms with Crippen LogP contribution in [0.1, 0.15) is 70.4 Å². The lowest BCUT2D eigenvalue weighted by atomic mass is 9.75. The fourth-order valence-electron chi connectivity index (χ4n) is 9.47. The summed E-state index contributed by atoms with van der Waals surface area (Å²) in [4.78, 5) is 9.97. The van der Waals surface area contributed by atoms with Crippen molar-refractivity contribution in [3.8, 4) is 0 Å². The van der Waals surface area contributed by atoms with E-state index in [1.165, 1.54) is 19.2 Å². The number of fused-ring (bicyclic) bond motifs is 6. The van der Waals surface area contributed by atoms with Gasteiger partial charge in [0.15, 0.2) is 12.3 Å². The van der Waals surface area contributed by atoms with Gasteiger partial charge in [-0.25, -0.2) is 0 Å². The Morgan fingerprint density at radius 3 is 1.77 bits per heavy atom. The summed E-state index contributed by atoms with van der Waals surface area (Å²) in [6.07, 6.45) is 9.34. The number of benzene rings is 4. The van der Waals surface area contributed by atoms with Gasteiger partial charge in [0.25, 0.3) is 50.6 Å². The standard InChI is InChI=1S/C44H50N2O18S5/c1-43(2)38(46(21-22-64-4)34-17-15-30-32(41(34)43)24-28(66(52,53)54)26-36(30)68(58,59)60)12-7-5-8-13-39-44(3,19-11-23-65(49,50)51)42-33-25-29(67(55,56)57)27-37(69(61,62)63)31(33)16-18-35(42)45(39)20-10-6-9-14-40(47)48/h5,7-8,12-13,15-18,24-27H,6,9-11,14,19-23H2,1-4H3,(H5-,47,48,49,50,51,52,53,54,55,56,57,58,59,60,61,62,63)/p+1. The number of hydrogen-bond acceptors (Lipinski definition) is 13. The molecule has 69 heavy (non-hydrogen) atoms. The second-order valence-electron chi connectivity index (χ2n) is 17.4. The minimum Gasteiger partial charge on any atom is -0.481 e. The molecule has 2 heterocycles. The number of unbranched alkanes of at least 4 members (excludes halogenated alkanes) is 2. The summed E-state index contributed by atoms with van der Waals surface area (Å²) in [6.45, 7) is 6.03. The monoisotopic (exact) mass is 1060 g/mol. The van der Waals surface area contributed by atoms with E-state index in [0.717, 1.165) is 12.1 Å². The third-order valence-corrected chi connectivity index (χ3v) is 16.7. The summed E-state index contributed by atoms with van der Waals surface area (Å²) < 4.78 is 182. The SMILES string of the molecule is COCC[N+]1=C(/C=C/C=C/C=C2/N(CCCCCC(=O)O)c3ccc4c(S(=O)(=O)O)cc(S(=O)(=O)O)cc4c3C2(C)CCCS(=O)(=O)O)C(C)(C)c2c1ccc1c(S(=O)(=O)O)cc(S(=O)(=O)O)cc21. The summed E-state index contributed by atoms with van der Waals surface area (Å²) in [5.74, 6) is -1.67. The molecule has 20 nitrogen and oxygen atoms in total. The van der Waals surface area contributed by atoms with E-state index in [4.69, 9.17) is 4.74 Å². The molecule has 1 atom stereocenters. The summed E-state index contributed by atoms with van der Waals surface area (Å²) in [5.41, 5.74) is 0.583. The number of aliphatic carboxylic acids is 1. The van der Waals surface area contributed by atoms with Gasteiger partial charge < -0.3 is 14.7 Å². The summed E-state index contributed by atoms with van der Waals surface area (Å²) in [7, 11) is -23.1. The molecule has 2 aliphatic rings. The van der Waals surface area contributed by atoms with Crippen LogP contribution in [-0.2, 0) is 71.0 Å². The van der Waals surface area contributed by atoms with Gasteiger partial charge in [0, 0.05) is 65.4 Å². The maximum atomic E-state index is 12.7. The highest BCUT2D eigenvalue weighted by Gasteiger charge is 2.47. The largest absolute Gasteiger partial charge is 0.481 e. The number of nitrogens with zero attached hydrogens (tertiary/aromatic N) is 2. The van der Waals surface area contributed by atoms with Crippen LogP contribution in [0.15, 0.2) is 104 Å². The quantitative estimate of drug-likeness (QED) is 0.0252. The molecule has 0 saturated heterocycles. The van der Waals surface area contributed by atoms with Crippen molar-refractivity contribution in [1.29, 1.82) is 0 Å². The van der Waals surface area contributed by atoms with Gasteiger partial charge in [0.1, 0.15) is 16.4 Å². The van der Waals surface area contributed by atoms with Crippen LogP contribution >= 0.6 is 0 Å². The van der Waals surface area contributed by atoms with Crippen LogP contribution in [-0.4, -0.2) is 119 Å². The number of hydrogen-bond donors (Lipinski definition) is 6. The van der Waals surface area contributed by atoms with Gasteiger partial charge in [0.2, 0.25) is 5.69 Å². The molecular formula is C44H51N2O18S5+. The van der Waals surface area contributed by atoms with Crippen molar-refractivity contribution in [3.05, 3.63) is 95.7 Å². The van der Waals surface area contributed by atoms with Crippen molar-refractivity contribution in [3.63, 3.8) is 0 Å². The number of carboxylic acids is 1. The number of anilines is 1. The molecule has 2 aliphatic heterocycles. The van der Waals surface area contributed by atoms with Gasteiger partial charge in [-0.15, -0.1) is 0 Å². The molecule has 0 saturated carbocycles. The second kappa shape index (κ2) is 19.3. The molecule has 6 N–H and O–H groups in total. The Kier molecular flexibility index (Phi) is 15.0. The lowest BCUT2D eigenvalue weighted by Crippen LogP contribution is -2.30. The third-order valence-electron chi connectivity index (χ3n) is 12.4. The first-order chi connectivity index (χ1) is 31.8. The molecule has 0 aliphatic carbocycles. The maximum absolute atomic E-state index is 12.7. The third kappa shape index (κ3) is 11.2. The topological polar surface area (TPSA) is 325 Å². The van der Waals surface area contributed by atoms with Crippen LogP contribution in [0.2, 0.25) is 0 Å². The van der Waals surface area contributed by atoms with E-state index in [1.54, 1.807) is 49.4 Å². The molecule has 25 heteroatoms. The second-order valence-corrected chi connectivity index (χ2v) is 24.6. The van der Waals surface area contributed by atoms with Gasteiger partial charge >= 0.3 is 5.97 Å². The van der Waals surface area contributed by atoms with Gasteiger partial charge in [-0.2, -0.15) is 46.7 Å². The molecule has 4 aromatic carbocycles. The first-order valence-electron chi connectivity index (χ1n) is 21.1. The fourth-order valence-corrected chi connectivity index (χ4v) is 12.7. The maximum Gasteiger partial charge on any atom is 0.303 e. The minimum atomic E-state index is -5.11. The number of carbonyl (C=O) groups is 1. The average molecular weight is 1060 g/mol. The molecule has 0 amide bonds. The highest BCUT2D eigenvalue weighted by molar-refractivity contribution is 7.87. The van der Waals surface area contributed by atoms with E-state index in [9.17, 15) is 74.8 Å². The molecule has 374 valence electrons. The zero-order chi connectivity index (χ0) is 51.3. The minimum absolute atomic E-state index is 0.00000000252. The molecule has 1 unspecified atom stereocenters. The summed E-state index contributed by atoms with van der Waals surface area (Å²) in [5, 5.41) is 9.24. The van der Waals surface area contributed by atoms with E-state index in [2.05, 4.69) is 0 Å². The number of rotatable bonds is 20. The number of methoxy groups -OCH3 is 1. The van der Waals surface area contributed by atoms with E-state index in [0.29, 0.717) is 65.3 Å². The van der Waals surface area contributed by atoms with Crippen molar-refractivity contribution in [2.45, 2.75) is 89.7 Å². The lowest BCUT2D eigenvalue weighted by Gasteiger charge is -2.31. The van der Waals surface area contributed by atoms with E-state index >= 15 is 0 Å². The highest BCUT2D eigenvalue weighted by atomic mass is 32.2. The van der Waals surface area contributed by atoms with Crippen LogP contribution in [0, 0.1) is 0 Å². The Bertz CT molecular complexity index is 3490. The van der Waals surface area contributed by atoms with Crippen molar-refractivity contribution in [2.75, 3.05) is 37.5 Å². The van der Waals surface area contributed by atoms with Crippen molar-refractivity contribution in [1.82, 2.24) is 0 Å². The molecule has 6 rings (SSSR count). The molecule has 4 aromatic rings. The number of allylic oxidation sites excluding steroid dienone is 6. The van der Waals surface area contributed by atoms with Gasteiger partial charge in [-0.3, -0.25) is 27.6 Å². The highest BCUT2D eigenvalue weighted by Crippen LogP contribution is 2.54. The van der Waals surface area contributed by atoms with Crippen molar-refractivity contribution in [2.24, 2.45) is 0 Å². The Labute approximate surface area is 400 Å². The first-order valence-corrected chi connectivity index (χ1v) is 28.5. The average Bonchev–Trinajstić information content (AvgIpc) is 3.58. The summed E-state index contributed by atoms with van der Waals surface area (Å²) >= 11 is 0. The predicted molar refractivity (Wildman–Crippen MR) is 255 cm³/mol. The van der Waals surface area contributed by atoms with Crippen molar-refractivity contribution >= 4 is 95.2 Å². The van der Waals surface area contributed by atoms with E-state index in [-0.39, 0.29) is 60.5 Å².